The second-order valence-electron chi connectivity index (χ2n) is 3.75. The Morgan fingerprint density at radius 1 is 1.17 bits per heavy atom. The van der Waals surface area contributed by atoms with E-state index in [1.807, 2.05) is 0 Å². The molecule has 0 atom stereocenters. The summed E-state index contributed by atoms with van der Waals surface area (Å²) in [5.41, 5.74) is 2.26. The van der Waals surface area contributed by atoms with Crippen LogP contribution in [0.3, 0.4) is 0 Å². The van der Waals surface area contributed by atoms with Crippen molar-refractivity contribution < 1.29 is 13.9 Å². The van der Waals surface area contributed by atoms with E-state index < -0.39 is 0 Å². The Balaban J connectivity index is 1.87. The van der Waals surface area contributed by atoms with Crippen LogP contribution >= 0.6 is 0 Å². The summed E-state index contributed by atoms with van der Waals surface area (Å²) in [5, 5.41) is 13.6. The van der Waals surface area contributed by atoms with Crippen LogP contribution in [-0.4, -0.2) is 21.4 Å². The third kappa shape index (κ3) is 1.81. The summed E-state index contributed by atoms with van der Waals surface area (Å²) in [6.07, 6.45) is 0. The first-order chi connectivity index (χ1) is 8.72. The number of aromatic nitrogens is 3. The third-order valence-electron chi connectivity index (χ3n) is 2.38. The number of amides is 1. The Kier molecular flexibility index (Phi) is 2.30. The molecule has 0 saturated carbocycles. The average molecular weight is 244 g/mol. The van der Waals surface area contributed by atoms with Gasteiger partial charge in [-0.2, -0.15) is 0 Å². The summed E-state index contributed by atoms with van der Waals surface area (Å²) < 4.78 is 9.46. The molecule has 7 heteroatoms. The number of fused-ring (bicyclic) bond motifs is 1. The van der Waals surface area contributed by atoms with Gasteiger partial charge in [0.2, 0.25) is 5.88 Å². The topological polar surface area (TPSA) is 94.1 Å². The Morgan fingerprint density at radius 2 is 2.00 bits per heavy atom. The maximum atomic E-state index is 11.9. The molecule has 18 heavy (non-hydrogen) atoms. The summed E-state index contributed by atoms with van der Waals surface area (Å²) in [4.78, 5) is 11.9. The van der Waals surface area contributed by atoms with Gasteiger partial charge in [0.1, 0.15) is 11.0 Å². The van der Waals surface area contributed by atoms with Crippen LogP contribution in [-0.2, 0) is 0 Å². The maximum Gasteiger partial charge on any atom is 0.258 e. The van der Waals surface area contributed by atoms with Crippen molar-refractivity contribution in [2.75, 3.05) is 5.32 Å². The van der Waals surface area contributed by atoms with Crippen molar-refractivity contribution in [2.24, 2.45) is 0 Å². The number of aryl methyl sites for hydroxylation is 1. The number of hydrogen-bond donors (Lipinski definition) is 1. The first-order valence-corrected chi connectivity index (χ1v) is 5.19. The van der Waals surface area contributed by atoms with Crippen molar-refractivity contribution in [1.82, 2.24) is 15.5 Å². The molecule has 0 aliphatic carbocycles. The molecule has 7 nitrogen and oxygen atoms in total. The molecule has 0 unspecified atom stereocenters. The van der Waals surface area contributed by atoms with Crippen molar-refractivity contribution in [3.05, 3.63) is 35.5 Å². The number of nitrogens with zero attached hydrogens (tertiary/aromatic N) is 3. The highest BCUT2D eigenvalue weighted by Crippen LogP contribution is 2.14. The van der Waals surface area contributed by atoms with Gasteiger partial charge in [0.25, 0.3) is 5.91 Å². The molecular weight excluding hydrogens is 236 g/mol. The minimum absolute atomic E-state index is 0.302. The largest absolute Gasteiger partial charge is 0.338 e. The van der Waals surface area contributed by atoms with Crippen LogP contribution in [0.4, 0.5) is 5.88 Å². The van der Waals surface area contributed by atoms with E-state index >= 15 is 0 Å². The fraction of sp³-hybridized carbons (Fsp3) is 0.0909. The number of hydrogen-bond acceptors (Lipinski definition) is 6. The molecule has 0 spiro atoms. The zero-order valence-electron chi connectivity index (χ0n) is 9.38. The maximum absolute atomic E-state index is 11.9. The molecule has 2 aromatic heterocycles. The monoisotopic (exact) mass is 244 g/mol. The lowest BCUT2D eigenvalue weighted by atomic mass is 10.2. The fourth-order valence-electron chi connectivity index (χ4n) is 1.53. The minimum Gasteiger partial charge on any atom is -0.338 e. The molecule has 0 fully saturated rings. The van der Waals surface area contributed by atoms with Gasteiger partial charge in [-0.15, -0.1) is 0 Å². The molecule has 0 radical (unpaired) electrons. The van der Waals surface area contributed by atoms with Crippen molar-refractivity contribution in [1.29, 1.82) is 0 Å². The second kappa shape index (κ2) is 3.95. The standard InChI is InChI=1S/C11H8N4O3/c1-6-4-10(17-13-6)12-11(16)7-2-3-8-9(5-7)15-18-14-8/h2-5H,1H3,(H,12,16). The third-order valence-corrected chi connectivity index (χ3v) is 2.38. The smallest absolute Gasteiger partial charge is 0.258 e. The van der Waals surface area contributed by atoms with E-state index in [1.165, 1.54) is 0 Å². The summed E-state index contributed by atoms with van der Waals surface area (Å²) in [7, 11) is 0. The van der Waals surface area contributed by atoms with E-state index in [2.05, 4.69) is 25.4 Å². The highest BCUT2D eigenvalue weighted by molar-refractivity contribution is 6.05. The first kappa shape index (κ1) is 10.5. The molecule has 0 saturated heterocycles. The number of nitrogens with one attached hydrogen (secondary N) is 1. The van der Waals surface area contributed by atoms with Crippen LogP contribution < -0.4 is 5.32 Å². The lowest BCUT2D eigenvalue weighted by molar-refractivity contribution is 0.102. The number of rotatable bonds is 2. The van der Waals surface area contributed by atoms with Gasteiger partial charge in [-0.05, 0) is 35.4 Å². The zero-order valence-corrected chi connectivity index (χ0v) is 9.38. The Morgan fingerprint density at radius 3 is 2.78 bits per heavy atom. The Hall–Kier alpha value is -2.70. The molecule has 0 aliphatic heterocycles. The number of carbonyl (C=O) groups is 1. The van der Waals surface area contributed by atoms with Gasteiger partial charge < -0.3 is 4.52 Å². The fourth-order valence-corrected chi connectivity index (χ4v) is 1.53. The molecule has 90 valence electrons. The van der Waals surface area contributed by atoms with Crippen LogP contribution in [0.2, 0.25) is 0 Å². The van der Waals surface area contributed by atoms with Crippen LogP contribution in [0.15, 0.2) is 33.4 Å². The van der Waals surface area contributed by atoms with Gasteiger partial charge in [0, 0.05) is 11.6 Å². The van der Waals surface area contributed by atoms with E-state index in [-0.39, 0.29) is 5.91 Å². The normalized spacial score (nSPS) is 10.7. The zero-order chi connectivity index (χ0) is 12.5. The Bertz CT molecular complexity index is 716. The second-order valence-corrected chi connectivity index (χ2v) is 3.75. The lowest BCUT2D eigenvalue weighted by Gasteiger charge is -1.99. The molecule has 2 heterocycles. The van der Waals surface area contributed by atoms with Gasteiger partial charge in [-0.1, -0.05) is 5.16 Å². The van der Waals surface area contributed by atoms with E-state index in [0.29, 0.717) is 28.2 Å². The SMILES string of the molecule is Cc1cc(NC(=O)c2ccc3nonc3c2)on1. The molecule has 3 rings (SSSR count). The van der Waals surface area contributed by atoms with Crippen molar-refractivity contribution in [3.8, 4) is 0 Å². The summed E-state index contributed by atoms with van der Waals surface area (Å²) in [6.45, 7) is 1.77. The summed E-state index contributed by atoms with van der Waals surface area (Å²) in [6, 6.07) is 6.51. The van der Waals surface area contributed by atoms with E-state index in [0.717, 1.165) is 0 Å². The van der Waals surface area contributed by atoms with Gasteiger partial charge in [-0.25, -0.2) is 4.63 Å². The number of anilines is 1. The van der Waals surface area contributed by atoms with Gasteiger partial charge in [0.15, 0.2) is 0 Å². The quantitative estimate of drug-likeness (QED) is 0.738. The molecule has 1 amide bonds. The van der Waals surface area contributed by atoms with Gasteiger partial charge >= 0.3 is 0 Å². The minimum atomic E-state index is -0.309. The molecule has 1 N–H and O–H groups in total. The highest BCUT2D eigenvalue weighted by Gasteiger charge is 2.11. The van der Waals surface area contributed by atoms with Crippen LogP contribution in [0.1, 0.15) is 16.1 Å². The van der Waals surface area contributed by atoms with Gasteiger partial charge in [0.05, 0.1) is 5.69 Å². The number of carbonyl (C=O) groups excluding carboxylic acids is 1. The van der Waals surface area contributed by atoms with E-state index in [4.69, 9.17) is 4.52 Å². The summed E-state index contributed by atoms with van der Waals surface area (Å²) in [5.74, 6) is -0.00748. The first-order valence-electron chi connectivity index (χ1n) is 5.19. The van der Waals surface area contributed by atoms with Crippen LogP contribution in [0.5, 0.6) is 0 Å². The predicted octanol–water partition coefficient (Wildman–Crippen LogP) is 1.77. The molecule has 1 aromatic carbocycles. The molecule has 0 aliphatic rings. The summed E-state index contributed by atoms with van der Waals surface area (Å²) >= 11 is 0. The van der Waals surface area contributed by atoms with Gasteiger partial charge in [-0.3, -0.25) is 10.1 Å². The highest BCUT2D eigenvalue weighted by atomic mass is 16.6. The van der Waals surface area contributed by atoms with Crippen LogP contribution in [0.25, 0.3) is 11.0 Å². The average Bonchev–Trinajstić information content (AvgIpc) is 2.96. The lowest BCUT2D eigenvalue weighted by Crippen LogP contribution is -2.11. The molecule has 3 aromatic rings. The number of benzene rings is 1. The van der Waals surface area contributed by atoms with E-state index in [9.17, 15) is 4.79 Å². The van der Waals surface area contributed by atoms with Crippen molar-refractivity contribution >= 4 is 22.8 Å². The predicted molar refractivity (Wildman–Crippen MR) is 61.0 cm³/mol. The molecule has 0 bridgehead atoms. The van der Waals surface area contributed by atoms with E-state index in [1.54, 1.807) is 31.2 Å². The molecular formula is C11H8N4O3. The van der Waals surface area contributed by atoms with Crippen molar-refractivity contribution in [2.45, 2.75) is 6.92 Å². The van der Waals surface area contributed by atoms with Crippen LogP contribution in [0, 0.1) is 6.92 Å². The van der Waals surface area contributed by atoms with Crippen molar-refractivity contribution in [3.63, 3.8) is 0 Å². The Labute approximate surface area is 101 Å².